The van der Waals surface area contributed by atoms with Crippen molar-refractivity contribution in [3.05, 3.63) is 35.9 Å². The van der Waals surface area contributed by atoms with Crippen LogP contribution in [0.5, 0.6) is 0 Å². The van der Waals surface area contributed by atoms with E-state index in [1.165, 1.54) is 7.11 Å². The Bertz CT molecular complexity index is 378. The molecule has 1 rings (SSSR count). The molecule has 0 unspecified atom stereocenters. The third kappa shape index (κ3) is 3.15. The van der Waals surface area contributed by atoms with Crippen LogP contribution in [0, 0.1) is 0 Å². The largest absolute Gasteiger partial charge is 0.463 e. The maximum atomic E-state index is 11.5. The van der Waals surface area contributed by atoms with Gasteiger partial charge in [-0.2, -0.15) is 0 Å². The molecule has 0 saturated heterocycles. The summed E-state index contributed by atoms with van der Waals surface area (Å²) in [5.41, 5.74) is 0.918. The second kappa shape index (κ2) is 6.15. The van der Waals surface area contributed by atoms with Crippen LogP contribution in [0.25, 0.3) is 0 Å². The average molecular weight is 350 g/mol. The minimum absolute atomic E-state index is 0.264. The van der Waals surface area contributed by atoms with Crippen molar-refractivity contribution in [3.63, 3.8) is 0 Å². The van der Waals surface area contributed by atoms with E-state index in [4.69, 9.17) is 0 Å². The van der Waals surface area contributed by atoms with Gasteiger partial charge in [0.05, 0.1) is 11.9 Å². The number of ether oxygens (including phenoxy) is 1. The molecule has 5 heteroatoms. The number of esters is 1. The van der Waals surface area contributed by atoms with Crippen molar-refractivity contribution in [1.29, 1.82) is 0 Å². The van der Waals surface area contributed by atoms with E-state index < -0.39 is 16.6 Å². The normalized spacial score (nSPS) is 13.9. The van der Waals surface area contributed by atoms with Crippen molar-refractivity contribution in [2.45, 2.75) is 9.65 Å². The first-order valence-electron chi connectivity index (χ1n) is 4.53. The number of rotatable bonds is 4. The highest BCUT2D eigenvalue weighted by atomic mass is 79.9. The highest BCUT2D eigenvalue weighted by Crippen LogP contribution is 2.31. The molecule has 3 nitrogen and oxygen atoms in total. The van der Waals surface area contributed by atoms with Gasteiger partial charge < -0.3 is 4.74 Å². The van der Waals surface area contributed by atoms with E-state index >= 15 is 0 Å². The lowest BCUT2D eigenvalue weighted by atomic mass is 10.1. The van der Waals surface area contributed by atoms with Gasteiger partial charge in [0.15, 0.2) is 0 Å². The standard InChI is InChI=1S/C11H10Br2O3/c1-16-11(15)10(14)9(13)8(12)7-5-3-2-4-6-7/h2-6,8-9H,1H3/t8-,9-/m0/s1. The van der Waals surface area contributed by atoms with Crippen molar-refractivity contribution >= 4 is 43.6 Å². The van der Waals surface area contributed by atoms with Gasteiger partial charge in [-0.15, -0.1) is 0 Å². The first-order chi connectivity index (χ1) is 7.57. The third-order valence-corrected chi connectivity index (χ3v) is 4.72. The highest BCUT2D eigenvalue weighted by Gasteiger charge is 2.30. The number of Topliss-reactive ketones (excluding diaryl/α,β-unsaturated/α-hetero) is 1. The maximum absolute atomic E-state index is 11.5. The van der Waals surface area contributed by atoms with E-state index in [1.807, 2.05) is 30.3 Å². The van der Waals surface area contributed by atoms with Gasteiger partial charge in [-0.25, -0.2) is 4.79 Å². The molecule has 0 amide bonds. The molecule has 0 aromatic heterocycles. The number of methoxy groups -OCH3 is 1. The second-order valence-corrected chi connectivity index (χ2v) is 5.04. The zero-order valence-corrected chi connectivity index (χ0v) is 11.7. The first kappa shape index (κ1) is 13.4. The van der Waals surface area contributed by atoms with E-state index in [0.29, 0.717) is 0 Å². The van der Waals surface area contributed by atoms with E-state index in [2.05, 4.69) is 36.6 Å². The lowest BCUT2D eigenvalue weighted by Crippen LogP contribution is -2.28. The highest BCUT2D eigenvalue weighted by molar-refractivity contribution is 9.12. The molecule has 0 heterocycles. The fourth-order valence-corrected chi connectivity index (χ4v) is 2.19. The van der Waals surface area contributed by atoms with E-state index in [0.717, 1.165) is 5.56 Å². The summed E-state index contributed by atoms with van der Waals surface area (Å²) in [5, 5.41) is 0. The van der Waals surface area contributed by atoms with Crippen molar-refractivity contribution in [3.8, 4) is 0 Å². The van der Waals surface area contributed by atoms with Gasteiger partial charge in [-0.05, 0) is 5.56 Å². The summed E-state index contributed by atoms with van der Waals surface area (Å²) < 4.78 is 4.38. The van der Waals surface area contributed by atoms with Gasteiger partial charge in [0.25, 0.3) is 5.78 Å². The molecule has 0 bridgehead atoms. The molecule has 0 radical (unpaired) electrons. The number of hydrogen-bond acceptors (Lipinski definition) is 3. The smallest absolute Gasteiger partial charge is 0.375 e. The lowest BCUT2D eigenvalue weighted by Gasteiger charge is -2.14. The SMILES string of the molecule is COC(=O)C(=O)[C@@H](Br)[C@@H](Br)c1ccccc1. The van der Waals surface area contributed by atoms with Crippen LogP contribution in [-0.4, -0.2) is 23.7 Å². The minimum Gasteiger partial charge on any atom is -0.463 e. The molecule has 0 aliphatic carbocycles. The fraction of sp³-hybridized carbons (Fsp3) is 0.273. The van der Waals surface area contributed by atoms with Crippen molar-refractivity contribution in [1.82, 2.24) is 0 Å². The van der Waals surface area contributed by atoms with Crippen molar-refractivity contribution in [2.75, 3.05) is 7.11 Å². The Morgan fingerprint density at radius 2 is 1.75 bits per heavy atom. The summed E-state index contributed by atoms with van der Waals surface area (Å²) in [5.74, 6) is -1.45. The zero-order chi connectivity index (χ0) is 12.1. The Morgan fingerprint density at radius 1 is 1.19 bits per heavy atom. The molecule has 1 aromatic rings. The predicted octanol–water partition coefficient (Wildman–Crippen LogP) is 2.63. The van der Waals surface area contributed by atoms with Gasteiger partial charge >= 0.3 is 5.97 Å². The predicted molar refractivity (Wildman–Crippen MR) is 67.8 cm³/mol. The lowest BCUT2D eigenvalue weighted by molar-refractivity contribution is -0.151. The van der Waals surface area contributed by atoms with Gasteiger partial charge in [0.2, 0.25) is 0 Å². The van der Waals surface area contributed by atoms with Crippen LogP contribution >= 0.6 is 31.9 Å². The quantitative estimate of drug-likeness (QED) is 0.477. The molecule has 0 saturated carbocycles. The van der Waals surface area contributed by atoms with E-state index in [-0.39, 0.29) is 4.83 Å². The van der Waals surface area contributed by atoms with Gasteiger partial charge in [-0.1, -0.05) is 62.2 Å². The molecule has 0 N–H and O–H groups in total. The Hall–Kier alpha value is -0.680. The molecule has 2 atom stereocenters. The molecule has 0 aliphatic rings. The molecule has 1 aromatic carbocycles. The summed E-state index contributed by atoms with van der Waals surface area (Å²) in [6.45, 7) is 0. The van der Waals surface area contributed by atoms with Gasteiger partial charge in [0.1, 0.15) is 4.83 Å². The first-order valence-corrected chi connectivity index (χ1v) is 6.36. The van der Waals surface area contributed by atoms with Crippen LogP contribution in [0.4, 0.5) is 0 Å². The van der Waals surface area contributed by atoms with Crippen LogP contribution < -0.4 is 0 Å². The Morgan fingerprint density at radius 3 is 2.25 bits per heavy atom. The van der Waals surface area contributed by atoms with Crippen LogP contribution in [0.1, 0.15) is 10.4 Å². The number of carbonyl (C=O) groups excluding carboxylic acids is 2. The fourth-order valence-electron chi connectivity index (χ4n) is 1.15. The monoisotopic (exact) mass is 348 g/mol. The van der Waals surface area contributed by atoms with E-state index in [1.54, 1.807) is 0 Å². The molecular weight excluding hydrogens is 340 g/mol. The summed E-state index contributed by atoms with van der Waals surface area (Å²) in [7, 11) is 1.19. The van der Waals surface area contributed by atoms with Crippen molar-refractivity contribution < 1.29 is 14.3 Å². The number of ketones is 1. The number of hydrogen-bond donors (Lipinski definition) is 0. The molecule has 0 spiro atoms. The summed E-state index contributed by atoms with van der Waals surface area (Å²) in [4.78, 5) is 21.7. The maximum Gasteiger partial charge on any atom is 0.375 e. The van der Waals surface area contributed by atoms with Crippen LogP contribution in [-0.2, 0) is 14.3 Å². The summed E-state index contributed by atoms with van der Waals surface area (Å²) in [6.07, 6.45) is 0. The minimum atomic E-state index is -0.845. The Kier molecular flexibility index (Phi) is 5.15. The van der Waals surface area contributed by atoms with Crippen molar-refractivity contribution in [2.24, 2.45) is 0 Å². The van der Waals surface area contributed by atoms with Crippen LogP contribution in [0.15, 0.2) is 30.3 Å². The summed E-state index contributed by atoms with van der Waals surface area (Å²) >= 11 is 6.56. The zero-order valence-electron chi connectivity index (χ0n) is 8.52. The molecule has 0 fully saturated rings. The molecular formula is C11H10Br2O3. The second-order valence-electron chi connectivity index (χ2n) is 3.07. The van der Waals surface area contributed by atoms with E-state index in [9.17, 15) is 9.59 Å². The number of carbonyl (C=O) groups is 2. The van der Waals surface area contributed by atoms with Crippen LogP contribution in [0.2, 0.25) is 0 Å². The molecule has 0 aliphatic heterocycles. The van der Waals surface area contributed by atoms with Gasteiger partial charge in [-0.3, -0.25) is 4.79 Å². The van der Waals surface area contributed by atoms with Crippen LogP contribution in [0.3, 0.4) is 0 Å². The van der Waals surface area contributed by atoms with Gasteiger partial charge in [0, 0.05) is 0 Å². The number of benzene rings is 1. The Labute approximate surface area is 110 Å². The Balaban J connectivity index is 2.79. The molecule has 16 heavy (non-hydrogen) atoms. The number of halogens is 2. The topological polar surface area (TPSA) is 43.4 Å². The third-order valence-electron chi connectivity index (χ3n) is 2.01. The number of alkyl halides is 2. The summed E-state index contributed by atoms with van der Waals surface area (Å²) in [6, 6.07) is 9.36. The average Bonchev–Trinajstić information content (AvgIpc) is 2.36. The molecule has 86 valence electrons.